The fourth-order valence-corrected chi connectivity index (χ4v) is 4.44. The van der Waals surface area contributed by atoms with E-state index in [-0.39, 0.29) is 0 Å². The predicted octanol–water partition coefficient (Wildman–Crippen LogP) is 6.81. The highest BCUT2D eigenvalue weighted by Crippen LogP contribution is 2.39. The highest BCUT2D eigenvalue weighted by atomic mass is 32.1. The molecule has 1 N–H and O–H groups in total. The van der Waals surface area contributed by atoms with Gasteiger partial charge < -0.3 is 4.98 Å². The Hall–Kier alpha value is -3.68. The highest BCUT2D eigenvalue weighted by Gasteiger charge is 2.19. The number of nitrogens with one attached hydrogen (secondary N) is 1. The summed E-state index contributed by atoms with van der Waals surface area (Å²) in [7, 11) is 0. The molecular weight excluding hydrogens is 374 g/mol. The number of fused-ring (bicyclic) bond motifs is 1. The van der Waals surface area contributed by atoms with Gasteiger partial charge in [0.25, 0.3) is 0 Å². The van der Waals surface area contributed by atoms with Crippen molar-refractivity contribution in [2.24, 2.45) is 0 Å². The van der Waals surface area contributed by atoms with Gasteiger partial charge in [-0.1, -0.05) is 48.5 Å². The van der Waals surface area contributed by atoms with Crippen LogP contribution < -0.4 is 0 Å². The second-order valence-electron chi connectivity index (χ2n) is 6.93. The van der Waals surface area contributed by atoms with E-state index in [0.29, 0.717) is 5.56 Å². The molecular formula is C25H17N3S. The lowest BCUT2D eigenvalue weighted by atomic mass is 9.93. The van der Waals surface area contributed by atoms with E-state index in [1.54, 1.807) is 11.3 Å². The lowest BCUT2D eigenvalue weighted by Gasteiger charge is -2.13. The number of H-pyrrole nitrogens is 1. The minimum atomic E-state index is 0.601. The second kappa shape index (κ2) is 7.05. The van der Waals surface area contributed by atoms with Crippen LogP contribution in [0.15, 0.2) is 78.3 Å². The van der Waals surface area contributed by atoms with E-state index >= 15 is 0 Å². The van der Waals surface area contributed by atoms with Crippen molar-refractivity contribution < 1.29 is 0 Å². The predicted molar refractivity (Wildman–Crippen MR) is 120 cm³/mol. The number of nitriles is 1. The average Bonchev–Trinajstić information content (AvgIpc) is 3.43. The van der Waals surface area contributed by atoms with Crippen LogP contribution in [0.4, 0.5) is 0 Å². The summed E-state index contributed by atoms with van der Waals surface area (Å²) in [4.78, 5) is 9.37. The number of benzene rings is 2. The van der Waals surface area contributed by atoms with Crippen LogP contribution in [-0.2, 0) is 0 Å². The first kappa shape index (κ1) is 17.4. The van der Waals surface area contributed by atoms with Crippen LogP contribution in [0.1, 0.15) is 11.1 Å². The summed E-state index contributed by atoms with van der Waals surface area (Å²) in [6.45, 7) is 2.06. The minimum absolute atomic E-state index is 0.601. The first-order valence-electron chi connectivity index (χ1n) is 9.38. The van der Waals surface area contributed by atoms with Crippen molar-refractivity contribution in [3.63, 3.8) is 0 Å². The van der Waals surface area contributed by atoms with Crippen molar-refractivity contribution in [3.8, 4) is 39.0 Å². The van der Waals surface area contributed by atoms with E-state index < -0.39 is 0 Å². The zero-order chi connectivity index (χ0) is 19.8. The normalized spacial score (nSPS) is 10.9. The first-order chi connectivity index (χ1) is 14.3. The molecule has 3 heterocycles. The van der Waals surface area contributed by atoms with Crippen LogP contribution in [0.2, 0.25) is 0 Å². The van der Waals surface area contributed by atoms with Gasteiger partial charge in [0.2, 0.25) is 0 Å². The van der Waals surface area contributed by atoms with Gasteiger partial charge in [-0.25, -0.2) is 4.98 Å². The van der Waals surface area contributed by atoms with Gasteiger partial charge in [0.05, 0.1) is 21.8 Å². The summed E-state index contributed by atoms with van der Waals surface area (Å²) in [5.41, 5.74) is 7.29. The number of hydrogen-bond donors (Lipinski definition) is 1. The third-order valence-electron chi connectivity index (χ3n) is 5.18. The summed E-state index contributed by atoms with van der Waals surface area (Å²) in [6.07, 6.45) is 1.99. The summed E-state index contributed by atoms with van der Waals surface area (Å²) in [5.74, 6) is 0. The molecule has 0 spiro atoms. The summed E-state index contributed by atoms with van der Waals surface area (Å²) < 4.78 is 0. The number of rotatable bonds is 3. The number of aromatic amines is 1. The number of aromatic nitrogens is 2. The van der Waals surface area contributed by atoms with Gasteiger partial charge in [-0.2, -0.15) is 5.26 Å². The van der Waals surface area contributed by atoms with Crippen LogP contribution in [0.5, 0.6) is 0 Å². The number of aryl methyl sites for hydroxylation is 1. The van der Waals surface area contributed by atoms with Gasteiger partial charge in [-0.05, 0) is 36.1 Å². The molecule has 2 aromatic carbocycles. The molecule has 0 radical (unpaired) electrons. The maximum absolute atomic E-state index is 10.1. The fraction of sp³-hybridized carbons (Fsp3) is 0.0400. The summed E-state index contributed by atoms with van der Waals surface area (Å²) in [6, 6.07) is 24.8. The maximum Gasteiger partial charge on any atom is 0.102 e. The second-order valence-corrected chi connectivity index (χ2v) is 7.88. The molecule has 29 heavy (non-hydrogen) atoms. The highest BCUT2D eigenvalue weighted by molar-refractivity contribution is 7.13. The Morgan fingerprint density at radius 3 is 2.55 bits per heavy atom. The van der Waals surface area contributed by atoms with E-state index in [2.05, 4.69) is 42.2 Å². The van der Waals surface area contributed by atoms with E-state index in [1.165, 1.54) is 0 Å². The lowest BCUT2D eigenvalue weighted by Crippen LogP contribution is -1.97. The van der Waals surface area contributed by atoms with E-state index in [9.17, 15) is 5.26 Å². The third-order valence-corrected chi connectivity index (χ3v) is 6.08. The molecule has 0 fully saturated rings. The van der Waals surface area contributed by atoms with E-state index in [1.807, 2.05) is 54.0 Å². The zero-order valence-electron chi connectivity index (χ0n) is 15.8. The number of hydrogen-bond acceptors (Lipinski definition) is 3. The van der Waals surface area contributed by atoms with Crippen LogP contribution in [0, 0.1) is 18.3 Å². The molecule has 0 aliphatic heterocycles. The largest absolute Gasteiger partial charge is 0.361 e. The molecule has 3 aromatic heterocycles. The van der Waals surface area contributed by atoms with Gasteiger partial charge in [-0.3, -0.25) is 0 Å². The maximum atomic E-state index is 10.1. The van der Waals surface area contributed by atoms with Crippen molar-refractivity contribution in [2.45, 2.75) is 6.92 Å². The molecule has 0 unspecified atom stereocenters. The number of pyridine rings is 1. The SMILES string of the molecule is Cc1ccccc1-c1nc(-c2cccs2)cc(-c2c[nH]c3ccccc23)c1C#N. The quantitative estimate of drug-likeness (QED) is 0.367. The standard InChI is InChI=1S/C25H17N3S/c1-16-7-2-3-8-17(16)25-20(14-26)19(13-23(28-25)24-11-6-12-29-24)21-15-27-22-10-5-4-9-18(21)22/h2-13,15,27H,1H3. The molecule has 0 amide bonds. The molecule has 0 atom stereocenters. The Balaban J connectivity index is 1.87. The molecule has 138 valence electrons. The van der Waals surface area contributed by atoms with Crippen LogP contribution >= 0.6 is 11.3 Å². The van der Waals surface area contributed by atoms with Gasteiger partial charge in [0.1, 0.15) is 6.07 Å². The molecule has 0 saturated heterocycles. The Kier molecular flexibility index (Phi) is 4.23. The number of thiophene rings is 1. The smallest absolute Gasteiger partial charge is 0.102 e. The van der Waals surface area contributed by atoms with E-state index in [0.717, 1.165) is 49.4 Å². The monoisotopic (exact) mass is 391 g/mol. The molecule has 0 saturated carbocycles. The van der Waals surface area contributed by atoms with E-state index in [4.69, 9.17) is 4.98 Å². The van der Waals surface area contributed by atoms with Gasteiger partial charge in [-0.15, -0.1) is 11.3 Å². The van der Waals surface area contributed by atoms with Crippen molar-refractivity contribution in [3.05, 3.63) is 89.4 Å². The third kappa shape index (κ3) is 2.93. The Morgan fingerprint density at radius 2 is 1.76 bits per heavy atom. The van der Waals surface area contributed by atoms with Crippen molar-refractivity contribution in [1.29, 1.82) is 5.26 Å². The topological polar surface area (TPSA) is 52.5 Å². The lowest BCUT2D eigenvalue weighted by molar-refractivity contribution is 1.29. The Morgan fingerprint density at radius 1 is 0.931 bits per heavy atom. The van der Waals surface area contributed by atoms with Crippen LogP contribution in [0.25, 0.3) is 43.9 Å². The molecule has 5 rings (SSSR count). The van der Waals surface area contributed by atoms with Gasteiger partial charge >= 0.3 is 0 Å². The average molecular weight is 391 g/mol. The zero-order valence-corrected chi connectivity index (χ0v) is 16.6. The van der Waals surface area contributed by atoms with Crippen molar-refractivity contribution >= 4 is 22.2 Å². The molecule has 5 aromatic rings. The minimum Gasteiger partial charge on any atom is -0.361 e. The summed E-state index contributed by atoms with van der Waals surface area (Å²) in [5, 5.41) is 13.3. The Labute approximate surface area is 172 Å². The van der Waals surface area contributed by atoms with Crippen molar-refractivity contribution in [2.75, 3.05) is 0 Å². The molecule has 0 aliphatic carbocycles. The van der Waals surface area contributed by atoms with Crippen LogP contribution in [-0.4, -0.2) is 9.97 Å². The summed E-state index contributed by atoms with van der Waals surface area (Å²) >= 11 is 1.65. The van der Waals surface area contributed by atoms with Gasteiger partial charge in [0, 0.05) is 33.8 Å². The first-order valence-corrected chi connectivity index (χ1v) is 10.3. The Bertz CT molecular complexity index is 1370. The van der Waals surface area contributed by atoms with Gasteiger partial charge in [0.15, 0.2) is 0 Å². The molecule has 4 heteroatoms. The molecule has 3 nitrogen and oxygen atoms in total. The fourth-order valence-electron chi connectivity index (χ4n) is 3.75. The van der Waals surface area contributed by atoms with Crippen molar-refractivity contribution in [1.82, 2.24) is 9.97 Å². The number of para-hydroxylation sites is 1. The molecule has 0 bridgehead atoms. The van der Waals surface area contributed by atoms with Crippen LogP contribution in [0.3, 0.4) is 0 Å². The number of nitrogens with zero attached hydrogens (tertiary/aromatic N) is 2. The molecule has 0 aliphatic rings.